The minimum atomic E-state index is -0.680. The van der Waals surface area contributed by atoms with Gasteiger partial charge in [-0.15, -0.1) is 0 Å². The smallest absolute Gasteiger partial charge is 0.357 e. The van der Waals surface area contributed by atoms with E-state index in [1.807, 2.05) is 0 Å². The lowest BCUT2D eigenvalue weighted by Crippen LogP contribution is -2.10. The van der Waals surface area contributed by atoms with Crippen LogP contribution in [0.4, 0.5) is 8.78 Å². The van der Waals surface area contributed by atoms with Gasteiger partial charge in [0.2, 0.25) is 0 Å². The number of halogens is 2. The lowest BCUT2D eigenvalue weighted by molar-refractivity contribution is 0.0519. The highest BCUT2D eigenvalue weighted by atomic mass is 19.1. The molecule has 0 atom stereocenters. The maximum absolute atomic E-state index is 14.1. The Bertz CT molecular complexity index is 865. The summed E-state index contributed by atoms with van der Waals surface area (Å²) in [5.74, 6) is -1.74. The molecule has 0 aliphatic heterocycles. The highest BCUT2D eigenvalue weighted by Gasteiger charge is 2.18. The summed E-state index contributed by atoms with van der Waals surface area (Å²) in [6.07, 6.45) is 0. The van der Waals surface area contributed by atoms with Crippen molar-refractivity contribution >= 4 is 5.97 Å². The Kier molecular flexibility index (Phi) is 4.79. The zero-order valence-corrected chi connectivity index (χ0v) is 13.4. The molecule has 0 N–H and O–H groups in total. The van der Waals surface area contributed by atoms with Crippen LogP contribution in [0.5, 0.6) is 0 Å². The topological polar surface area (TPSA) is 52.1 Å². The lowest BCUT2D eigenvalue weighted by atomic mass is 10.1. The van der Waals surface area contributed by atoms with Crippen LogP contribution in [0.3, 0.4) is 0 Å². The number of carbonyl (C=O) groups is 1. The van der Waals surface area contributed by atoms with Gasteiger partial charge in [-0.2, -0.15) is 0 Å². The zero-order valence-electron chi connectivity index (χ0n) is 13.4. The Morgan fingerprint density at radius 1 is 0.960 bits per heavy atom. The van der Waals surface area contributed by atoms with Gasteiger partial charge in [-0.1, -0.05) is 24.3 Å². The number of rotatable bonds is 4. The molecule has 1 aromatic heterocycles. The first-order valence-corrected chi connectivity index (χ1v) is 7.66. The molecule has 6 heteroatoms. The van der Waals surface area contributed by atoms with Gasteiger partial charge in [0.15, 0.2) is 11.5 Å². The van der Waals surface area contributed by atoms with E-state index in [0.717, 1.165) is 0 Å². The average Bonchev–Trinajstić information content (AvgIpc) is 2.62. The molecule has 25 heavy (non-hydrogen) atoms. The summed E-state index contributed by atoms with van der Waals surface area (Å²) in [4.78, 5) is 20.4. The van der Waals surface area contributed by atoms with Gasteiger partial charge in [0.25, 0.3) is 0 Å². The second-order valence-corrected chi connectivity index (χ2v) is 5.14. The largest absolute Gasteiger partial charge is 0.461 e. The number of hydrogen-bond donors (Lipinski definition) is 0. The molecule has 0 fully saturated rings. The fourth-order valence-corrected chi connectivity index (χ4v) is 2.33. The number of esters is 1. The molecule has 0 bridgehead atoms. The fourth-order valence-electron chi connectivity index (χ4n) is 2.33. The maximum atomic E-state index is 14.1. The minimum Gasteiger partial charge on any atom is -0.461 e. The number of benzene rings is 2. The summed E-state index contributed by atoms with van der Waals surface area (Å²) in [6.45, 7) is 1.82. The van der Waals surface area contributed by atoms with E-state index in [0.29, 0.717) is 0 Å². The molecule has 0 aliphatic carbocycles. The third-order valence-electron chi connectivity index (χ3n) is 3.48. The van der Waals surface area contributed by atoms with Crippen LogP contribution < -0.4 is 0 Å². The van der Waals surface area contributed by atoms with E-state index in [-0.39, 0.29) is 34.9 Å². The molecule has 0 radical (unpaired) electrons. The van der Waals surface area contributed by atoms with Crippen LogP contribution in [0.25, 0.3) is 22.6 Å². The Balaban J connectivity index is 2.21. The fraction of sp³-hybridized carbons (Fsp3) is 0.105. The molecule has 3 aromatic rings. The van der Waals surface area contributed by atoms with Crippen molar-refractivity contribution in [2.75, 3.05) is 6.61 Å². The first-order chi connectivity index (χ1) is 12.1. The molecular formula is C19H14F2N2O2. The SMILES string of the molecule is CCOC(=O)c1cc(-c2ccccc2F)nc(-c2ccccc2F)n1. The first kappa shape index (κ1) is 16.7. The molecule has 1 heterocycles. The van der Waals surface area contributed by atoms with Crippen LogP contribution in [0.1, 0.15) is 17.4 Å². The minimum absolute atomic E-state index is 0.0121. The second-order valence-electron chi connectivity index (χ2n) is 5.14. The number of hydrogen-bond acceptors (Lipinski definition) is 4. The van der Waals surface area contributed by atoms with E-state index in [9.17, 15) is 13.6 Å². The summed E-state index contributed by atoms with van der Waals surface area (Å²) in [5.41, 5.74) is 0.419. The van der Waals surface area contributed by atoms with E-state index in [1.54, 1.807) is 25.1 Å². The van der Waals surface area contributed by atoms with Crippen molar-refractivity contribution in [3.8, 4) is 22.6 Å². The summed E-state index contributed by atoms with van der Waals surface area (Å²) in [7, 11) is 0. The van der Waals surface area contributed by atoms with Crippen molar-refractivity contribution in [1.82, 2.24) is 9.97 Å². The monoisotopic (exact) mass is 340 g/mol. The number of carbonyl (C=O) groups excluding carboxylic acids is 1. The van der Waals surface area contributed by atoms with Crippen molar-refractivity contribution < 1.29 is 18.3 Å². The van der Waals surface area contributed by atoms with Crippen molar-refractivity contribution in [2.24, 2.45) is 0 Å². The molecule has 0 aliphatic rings. The van der Waals surface area contributed by atoms with Gasteiger partial charge in [0, 0.05) is 5.56 Å². The Labute approximate surface area is 143 Å². The van der Waals surface area contributed by atoms with Gasteiger partial charge in [-0.3, -0.25) is 0 Å². The second kappa shape index (κ2) is 7.17. The molecule has 0 spiro atoms. The summed E-state index contributed by atoms with van der Waals surface area (Å²) in [5, 5.41) is 0. The van der Waals surface area contributed by atoms with Gasteiger partial charge in [-0.05, 0) is 37.3 Å². The summed E-state index contributed by atoms with van der Waals surface area (Å²) < 4.78 is 33.2. The molecule has 0 saturated heterocycles. The van der Waals surface area contributed by atoms with Gasteiger partial charge in [0.05, 0.1) is 17.9 Å². The van der Waals surface area contributed by atoms with E-state index in [4.69, 9.17) is 4.74 Å². The standard InChI is InChI=1S/C19H14F2N2O2/c1-2-25-19(24)17-11-16(12-7-3-5-9-14(12)20)22-18(23-17)13-8-4-6-10-15(13)21/h3-11H,2H2,1H3. The van der Waals surface area contributed by atoms with Crippen molar-refractivity contribution in [1.29, 1.82) is 0 Å². The highest BCUT2D eigenvalue weighted by molar-refractivity contribution is 5.89. The lowest BCUT2D eigenvalue weighted by Gasteiger charge is -2.09. The zero-order chi connectivity index (χ0) is 17.8. The van der Waals surface area contributed by atoms with Crippen LogP contribution in [0.15, 0.2) is 54.6 Å². The van der Waals surface area contributed by atoms with Crippen molar-refractivity contribution in [3.63, 3.8) is 0 Å². The quantitative estimate of drug-likeness (QED) is 0.666. The molecule has 0 saturated carbocycles. The predicted octanol–water partition coefficient (Wildman–Crippen LogP) is 4.27. The van der Waals surface area contributed by atoms with Gasteiger partial charge in [-0.25, -0.2) is 23.5 Å². The highest BCUT2D eigenvalue weighted by Crippen LogP contribution is 2.26. The van der Waals surface area contributed by atoms with Gasteiger partial charge < -0.3 is 4.74 Å². The Morgan fingerprint density at radius 3 is 2.16 bits per heavy atom. The van der Waals surface area contributed by atoms with Crippen LogP contribution in [-0.2, 0) is 4.74 Å². The van der Waals surface area contributed by atoms with Gasteiger partial charge >= 0.3 is 5.97 Å². The first-order valence-electron chi connectivity index (χ1n) is 7.66. The number of nitrogens with zero attached hydrogens (tertiary/aromatic N) is 2. The molecule has 2 aromatic carbocycles. The molecule has 0 amide bonds. The number of aromatic nitrogens is 2. The van der Waals surface area contributed by atoms with E-state index < -0.39 is 17.6 Å². The normalized spacial score (nSPS) is 10.5. The summed E-state index contributed by atoms with van der Waals surface area (Å²) in [6, 6.07) is 13.2. The molecule has 126 valence electrons. The summed E-state index contributed by atoms with van der Waals surface area (Å²) >= 11 is 0. The maximum Gasteiger partial charge on any atom is 0.357 e. The van der Waals surface area contributed by atoms with Crippen LogP contribution >= 0.6 is 0 Å². The van der Waals surface area contributed by atoms with Crippen molar-refractivity contribution in [2.45, 2.75) is 6.92 Å². The van der Waals surface area contributed by atoms with E-state index in [1.165, 1.54) is 36.4 Å². The predicted molar refractivity (Wildman–Crippen MR) is 88.8 cm³/mol. The Morgan fingerprint density at radius 2 is 1.56 bits per heavy atom. The van der Waals surface area contributed by atoms with Crippen LogP contribution in [-0.4, -0.2) is 22.5 Å². The Hall–Kier alpha value is -3.15. The van der Waals surface area contributed by atoms with E-state index in [2.05, 4.69) is 9.97 Å². The molecule has 3 rings (SSSR count). The molecular weight excluding hydrogens is 326 g/mol. The van der Waals surface area contributed by atoms with Gasteiger partial charge in [0.1, 0.15) is 11.6 Å². The molecule has 4 nitrogen and oxygen atoms in total. The van der Waals surface area contributed by atoms with Crippen LogP contribution in [0.2, 0.25) is 0 Å². The number of ether oxygens (including phenoxy) is 1. The van der Waals surface area contributed by atoms with E-state index >= 15 is 0 Å². The third kappa shape index (κ3) is 3.52. The third-order valence-corrected chi connectivity index (χ3v) is 3.48. The van der Waals surface area contributed by atoms with Crippen molar-refractivity contribution in [3.05, 3.63) is 71.9 Å². The van der Waals surface area contributed by atoms with Crippen LogP contribution in [0, 0.1) is 11.6 Å². The molecule has 0 unspecified atom stereocenters. The average molecular weight is 340 g/mol.